The van der Waals surface area contributed by atoms with Crippen molar-refractivity contribution in [1.82, 2.24) is 20.0 Å². The smallest absolute Gasteiger partial charge is 0.275 e. The molecule has 0 aliphatic carbocycles. The van der Waals surface area contributed by atoms with Crippen LogP contribution in [-0.4, -0.2) is 57.6 Å². The summed E-state index contributed by atoms with van der Waals surface area (Å²) in [7, 11) is 0. The molecule has 108 valence electrons. The van der Waals surface area contributed by atoms with Crippen LogP contribution in [0.1, 0.15) is 23.3 Å². The van der Waals surface area contributed by atoms with Crippen LogP contribution in [-0.2, 0) is 0 Å². The number of benzene rings is 1. The number of carbonyl (C=O) groups is 1. The third-order valence-electron chi connectivity index (χ3n) is 5.51. The Bertz CT molecular complexity index is 720. The number of nitrogens with one attached hydrogen (secondary N) is 1. The highest BCUT2D eigenvalue weighted by atomic mass is 16.2. The van der Waals surface area contributed by atoms with Gasteiger partial charge in [0.25, 0.3) is 5.91 Å². The molecule has 5 heteroatoms. The monoisotopic (exact) mass is 282 g/mol. The maximum atomic E-state index is 13.0. The van der Waals surface area contributed by atoms with E-state index in [9.17, 15) is 4.79 Å². The number of H-pyrrole nitrogens is 1. The topological polar surface area (TPSA) is 52.2 Å². The van der Waals surface area contributed by atoms with Crippen LogP contribution in [0.2, 0.25) is 0 Å². The Kier molecular flexibility index (Phi) is 2.28. The minimum Gasteiger partial charge on any atom is -0.328 e. The van der Waals surface area contributed by atoms with Crippen molar-refractivity contribution in [3.8, 4) is 0 Å². The van der Waals surface area contributed by atoms with E-state index in [2.05, 4.69) is 20.0 Å². The predicted molar refractivity (Wildman–Crippen MR) is 79.0 cm³/mol. The minimum absolute atomic E-state index is 0.117. The summed E-state index contributed by atoms with van der Waals surface area (Å²) < 4.78 is 0. The number of carbonyl (C=O) groups excluding carboxylic acids is 1. The molecule has 3 bridgehead atoms. The van der Waals surface area contributed by atoms with Crippen LogP contribution in [0.3, 0.4) is 0 Å². The van der Waals surface area contributed by atoms with Gasteiger partial charge in [0.2, 0.25) is 0 Å². The van der Waals surface area contributed by atoms with Crippen molar-refractivity contribution in [2.75, 3.05) is 19.6 Å². The zero-order valence-corrected chi connectivity index (χ0v) is 11.8. The van der Waals surface area contributed by atoms with Gasteiger partial charge >= 0.3 is 0 Å². The quantitative estimate of drug-likeness (QED) is 0.862. The summed E-state index contributed by atoms with van der Waals surface area (Å²) in [5.41, 5.74) is 1.53. The average Bonchev–Trinajstić information content (AvgIpc) is 2.96. The Morgan fingerprint density at radius 1 is 1.29 bits per heavy atom. The molecule has 5 rings (SSSR count). The second-order valence-corrected chi connectivity index (χ2v) is 6.60. The third kappa shape index (κ3) is 1.55. The van der Waals surface area contributed by atoms with Gasteiger partial charge in [0.05, 0.1) is 5.52 Å². The Morgan fingerprint density at radius 2 is 2.19 bits per heavy atom. The minimum atomic E-state index is 0.117. The molecule has 3 fully saturated rings. The summed E-state index contributed by atoms with van der Waals surface area (Å²) in [6.45, 7) is 3.31. The highest BCUT2D eigenvalue weighted by Crippen LogP contribution is 2.41. The number of fused-ring (bicyclic) bond motifs is 3. The molecule has 4 unspecified atom stereocenters. The molecule has 2 aromatic rings. The largest absolute Gasteiger partial charge is 0.328 e. The van der Waals surface area contributed by atoms with E-state index >= 15 is 0 Å². The fraction of sp³-hybridized carbons (Fsp3) is 0.500. The van der Waals surface area contributed by atoms with Crippen LogP contribution in [0, 0.1) is 5.92 Å². The molecule has 3 aliphatic rings. The van der Waals surface area contributed by atoms with E-state index in [1.807, 2.05) is 24.3 Å². The summed E-state index contributed by atoms with van der Waals surface area (Å²) in [6.07, 6.45) is 2.42. The van der Waals surface area contributed by atoms with Gasteiger partial charge in [-0.05, 0) is 31.4 Å². The van der Waals surface area contributed by atoms with Crippen molar-refractivity contribution in [1.29, 1.82) is 0 Å². The lowest BCUT2D eigenvalue weighted by Gasteiger charge is -2.44. The van der Waals surface area contributed by atoms with Crippen molar-refractivity contribution in [2.45, 2.75) is 24.9 Å². The van der Waals surface area contributed by atoms with Crippen molar-refractivity contribution in [2.24, 2.45) is 5.92 Å². The SMILES string of the molecule is O=C(c1n[nH]c2ccccc12)N1C2CC3CCN(C2)CC31. The Balaban J connectivity index is 1.55. The molecule has 1 aromatic heterocycles. The molecule has 5 nitrogen and oxygen atoms in total. The van der Waals surface area contributed by atoms with E-state index in [1.165, 1.54) is 19.4 Å². The number of hydrogen-bond acceptors (Lipinski definition) is 3. The maximum Gasteiger partial charge on any atom is 0.275 e. The van der Waals surface area contributed by atoms with Gasteiger partial charge in [0, 0.05) is 30.6 Å². The van der Waals surface area contributed by atoms with Crippen molar-refractivity contribution >= 4 is 16.8 Å². The molecule has 3 aliphatic heterocycles. The number of aromatic nitrogens is 2. The molecule has 4 atom stereocenters. The summed E-state index contributed by atoms with van der Waals surface area (Å²) in [6, 6.07) is 8.67. The van der Waals surface area contributed by atoms with Gasteiger partial charge in [-0.2, -0.15) is 5.10 Å². The highest BCUT2D eigenvalue weighted by Gasteiger charge is 2.51. The van der Waals surface area contributed by atoms with E-state index in [1.54, 1.807) is 0 Å². The zero-order valence-electron chi connectivity index (χ0n) is 11.8. The normalized spacial score (nSPS) is 33.8. The molecule has 0 spiro atoms. The Labute approximate surface area is 122 Å². The van der Waals surface area contributed by atoms with Crippen LogP contribution in [0.25, 0.3) is 10.9 Å². The van der Waals surface area contributed by atoms with Gasteiger partial charge in [-0.25, -0.2) is 0 Å². The molecule has 0 saturated carbocycles. The van der Waals surface area contributed by atoms with Gasteiger partial charge < -0.3 is 4.90 Å². The predicted octanol–water partition coefficient (Wildman–Crippen LogP) is 1.48. The number of rotatable bonds is 1. The van der Waals surface area contributed by atoms with Gasteiger partial charge in [0.1, 0.15) is 0 Å². The first-order chi connectivity index (χ1) is 10.3. The molecule has 1 aromatic carbocycles. The lowest BCUT2D eigenvalue weighted by Crippen LogP contribution is -2.58. The van der Waals surface area contributed by atoms with Crippen molar-refractivity contribution in [3.05, 3.63) is 30.0 Å². The van der Waals surface area contributed by atoms with E-state index in [0.717, 1.165) is 24.0 Å². The summed E-state index contributed by atoms with van der Waals surface area (Å²) >= 11 is 0. The first-order valence-electron chi connectivity index (χ1n) is 7.79. The molecule has 1 amide bonds. The second kappa shape index (κ2) is 4.07. The van der Waals surface area contributed by atoms with E-state index in [-0.39, 0.29) is 5.91 Å². The fourth-order valence-electron chi connectivity index (χ4n) is 4.56. The second-order valence-electron chi connectivity index (χ2n) is 6.60. The number of piperazine rings is 1. The third-order valence-corrected chi connectivity index (χ3v) is 5.51. The molecule has 3 saturated heterocycles. The van der Waals surface area contributed by atoms with Crippen LogP contribution >= 0.6 is 0 Å². The average molecular weight is 282 g/mol. The molecule has 21 heavy (non-hydrogen) atoms. The van der Waals surface area contributed by atoms with Crippen LogP contribution in [0.5, 0.6) is 0 Å². The van der Waals surface area contributed by atoms with E-state index < -0.39 is 0 Å². The van der Waals surface area contributed by atoms with Gasteiger partial charge in [-0.3, -0.25) is 14.8 Å². The number of para-hydroxylation sites is 1. The van der Waals surface area contributed by atoms with Gasteiger partial charge in [-0.1, -0.05) is 18.2 Å². The maximum absolute atomic E-state index is 13.0. The van der Waals surface area contributed by atoms with Crippen LogP contribution in [0.4, 0.5) is 0 Å². The van der Waals surface area contributed by atoms with Gasteiger partial charge in [0.15, 0.2) is 5.69 Å². The number of amides is 1. The number of aromatic amines is 1. The first kappa shape index (κ1) is 11.7. The summed E-state index contributed by atoms with van der Waals surface area (Å²) in [4.78, 5) is 17.7. The van der Waals surface area contributed by atoms with E-state index in [0.29, 0.717) is 23.7 Å². The summed E-state index contributed by atoms with van der Waals surface area (Å²) in [5.74, 6) is 0.814. The Morgan fingerprint density at radius 3 is 3.14 bits per heavy atom. The molecule has 4 heterocycles. The standard InChI is InChI=1S/C16H18N4O/c21-16(15-12-3-1-2-4-13(12)17-18-15)20-11-7-10-5-6-19(8-11)9-14(10)20/h1-4,10-11,14H,5-9H2,(H,17,18). The number of hydrogen-bond donors (Lipinski definition) is 1. The molecular weight excluding hydrogens is 264 g/mol. The van der Waals surface area contributed by atoms with E-state index in [4.69, 9.17) is 0 Å². The first-order valence-corrected chi connectivity index (χ1v) is 7.79. The number of nitrogens with zero attached hydrogens (tertiary/aromatic N) is 3. The molecule has 0 radical (unpaired) electrons. The van der Waals surface area contributed by atoms with Gasteiger partial charge in [-0.15, -0.1) is 0 Å². The lowest BCUT2D eigenvalue weighted by molar-refractivity contribution is 0.0258. The number of piperidine rings is 1. The lowest BCUT2D eigenvalue weighted by atomic mass is 9.93. The van der Waals surface area contributed by atoms with Crippen LogP contribution in [0.15, 0.2) is 24.3 Å². The highest BCUT2D eigenvalue weighted by molar-refractivity contribution is 6.05. The molecule has 1 N–H and O–H groups in total. The van der Waals surface area contributed by atoms with Crippen LogP contribution < -0.4 is 0 Å². The van der Waals surface area contributed by atoms with Crippen molar-refractivity contribution < 1.29 is 4.79 Å². The fourth-order valence-corrected chi connectivity index (χ4v) is 4.56. The van der Waals surface area contributed by atoms with Crippen molar-refractivity contribution in [3.63, 3.8) is 0 Å². The molecular formula is C16H18N4O. The Hall–Kier alpha value is -1.88. The summed E-state index contributed by atoms with van der Waals surface area (Å²) in [5, 5.41) is 8.23. The zero-order chi connectivity index (χ0) is 14.0.